The monoisotopic (exact) mass is 1060 g/mol. The van der Waals surface area contributed by atoms with Crippen molar-refractivity contribution in [2.24, 2.45) is 10.2 Å². The highest BCUT2D eigenvalue weighted by atomic mass is 35.5. The van der Waals surface area contributed by atoms with Crippen molar-refractivity contribution in [1.82, 2.24) is 15.0 Å². The van der Waals surface area contributed by atoms with Crippen LogP contribution in [-0.2, 0) is 40.5 Å². The van der Waals surface area contributed by atoms with Crippen molar-refractivity contribution >= 4 is 145 Å². The van der Waals surface area contributed by atoms with Crippen molar-refractivity contribution in [1.29, 1.82) is 0 Å². The average Bonchev–Trinajstić information content (AvgIpc) is 3.20. The number of benzene rings is 4. The highest BCUT2D eigenvalue weighted by Gasteiger charge is 2.35. The Balaban J connectivity index is 1.14. The molecule has 0 saturated carbocycles. The summed E-state index contributed by atoms with van der Waals surface area (Å²) >= 11 is 17.8. The molecule has 0 aliphatic heterocycles. The molecule has 2 aliphatic carbocycles. The Morgan fingerprint density at radius 2 is 0.881 bits per heavy atom. The summed E-state index contributed by atoms with van der Waals surface area (Å²) in [5.74, 6) is -4.23. The number of anilines is 6. The second-order valence-corrected chi connectivity index (χ2v) is 20.2. The van der Waals surface area contributed by atoms with Crippen molar-refractivity contribution in [3.63, 3.8) is 0 Å². The van der Waals surface area contributed by atoms with Crippen LogP contribution in [0.4, 0.5) is 34.6 Å². The molecule has 25 nitrogen and oxygen atoms in total. The molecule has 0 bridgehead atoms. The summed E-state index contributed by atoms with van der Waals surface area (Å²) in [6.45, 7) is 0. The first-order valence-electron chi connectivity index (χ1n) is 17.5. The number of hydrogen-bond acceptors (Lipinski definition) is 21. The van der Waals surface area contributed by atoms with Crippen molar-refractivity contribution in [3.05, 3.63) is 108 Å². The van der Waals surface area contributed by atoms with E-state index in [4.69, 9.17) is 34.8 Å². The molecule has 4 aromatic carbocycles. The van der Waals surface area contributed by atoms with Gasteiger partial charge in [-0.15, -0.1) is 0 Å². The molecule has 1 aromatic heterocycles. The lowest BCUT2D eigenvalue weighted by atomic mass is 9.94. The number of carbonyl (C=O) groups is 2. The van der Waals surface area contributed by atoms with E-state index in [1.165, 1.54) is 36.4 Å². The first kappa shape index (κ1) is 48.3. The Kier molecular flexibility index (Phi) is 12.6. The first-order chi connectivity index (χ1) is 31.1. The first-order valence-corrected chi connectivity index (χ1v) is 24.4. The van der Waals surface area contributed by atoms with E-state index in [0.717, 1.165) is 12.2 Å². The van der Waals surface area contributed by atoms with Crippen LogP contribution in [0.2, 0.25) is 15.3 Å². The number of fused-ring (bicyclic) bond motifs is 2. The molecule has 348 valence electrons. The predicted octanol–water partition coefficient (Wildman–Crippen LogP) is 5.01. The highest BCUT2D eigenvalue weighted by molar-refractivity contribution is 7.91. The Hall–Kier alpha value is -6.64. The lowest BCUT2D eigenvalue weighted by Crippen LogP contribution is -2.27. The molecule has 0 atom stereocenters. The zero-order valence-electron chi connectivity index (χ0n) is 32.2. The SMILES string of the molecule is O=C1C(=NNc2cc(S(=O)(=O)O)cc(Cl)c2O)C(S(=O)(=O)O)=Cc2cc(Nc3nc(Cl)nc(Nc4ccc5c(c4)C=C(S(=O)(=O)O)C(=NNc4cc(S(=O)(=O)O)cc(Cl)c4O)C5=O)n3)ccc21. The number of nitrogens with zero attached hydrogens (tertiary/aromatic N) is 5. The van der Waals surface area contributed by atoms with Gasteiger partial charge in [0.2, 0.25) is 28.7 Å². The number of hydrogen-bond donors (Lipinski definition) is 10. The fourth-order valence-corrected chi connectivity index (χ4v) is 9.12. The molecule has 0 amide bonds. The van der Waals surface area contributed by atoms with E-state index in [0.29, 0.717) is 24.3 Å². The Bertz CT molecular complexity index is 3410. The molecule has 0 radical (unpaired) electrons. The second-order valence-electron chi connectivity index (χ2n) is 13.4. The van der Waals surface area contributed by atoms with Gasteiger partial charge in [0.05, 0.1) is 19.8 Å². The summed E-state index contributed by atoms with van der Waals surface area (Å²) in [6, 6.07) is 10.3. The van der Waals surface area contributed by atoms with Gasteiger partial charge in [-0.05, 0) is 95.5 Å². The molecule has 1 heterocycles. The van der Waals surface area contributed by atoms with Gasteiger partial charge in [0, 0.05) is 22.5 Å². The molecule has 7 rings (SSSR count). The number of aromatic nitrogens is 3. The number of carbonyl (C=O) groups excluding carboxylic acids is 2. The van der Waals surface area contributed by atoms with Gasteiger partial charge in [0.15, 0.2) is 22.9 Å². The van der Waals surface area contributed by atoms with Gasteiger partial charge >= 0.3 is 0 Å². The van der Waals surface area contributed by atoms with Crippen LogP contribution >= 0.6 is 34.8 Å². The lowest BCUT2D eigenvalue weighted by molar-refractivity contribution is 0.105. The van der Waals surface area contributed by atoms with Crippen molar-refractivity contribution in [3.8, 4) is 11.5 Å². The smallest absolute Gasteiger partial charge is 0.296 e. The minimum absolute atomic E-state index is 0.0851. The number of rotatable bonds is 12. The number of allylic oxidation sites excluding steroid dienone is 2. The van der Waals surface area contributed by atoms with Crippen molar-refractivity contribution in [2.75, 3.05) is 21.5 Å². The van der Waals surface area contributed by atoms with Gasteiger partial charge < -0.3 is 20.8 Å². The summed E-state index contributed by atoms with van der Waals surface area (Å²) in [4.78, 5) is 35.6. The molecule has 10 N–H and O–H groups in total. The molecule has 67 heavy (non-hydrogen) atoms. The lowest BCUT2D eigenvalue weighted by Gasteiger charge is -2.18. The number of aromatic hydroxyl groups is 2. The Labute approximate surface area is 390 Å². The van der Waals surface area contributed by atoms with E-state index < -0.39 is 121 Å². The molecule has 0 spiro atoms. The summed E-state index contributed by atoms with van der Waals surface area (Å²) in [6.07, 6.45) is 1.74. The molecular formula is C35H22Cl3N9O16S4. The number of phenolic OH excluding ortho intramolecular Hbond substituents is 2. The molecule has 5 aromatic rings. The van der Waals surface area contributed by atoms with E-state index in [-0.39, 0.29) is 45.5 Å². The summed E-state index contributed by atoms with van der Waals surface area (Å²) in [5.41, 5.74) is 0.987. The van der Waals surface area contributed by atoms with Crippen LogP contribution in [0.1, 0.15) is 31.8 Å². The van der Waals surface area contributed by atoms with E-state index in [9.17, 15) is 71.7 Å². The van der Waals surface area contributed by atoms with Crippen LogP contribution in [0.3, 0.4) is 0 Å². The van der Waals surface area contributed by atoms with Crippen LogP contribution in [0, 0.1) is 0 Å². The Morgan fingerprint density at radius 3 is 1.22 bits per heavy atom. The van der Waals surface area contributed by atoms with Crippen molar-refractivity contribution in [2.45, 2.75) is 9.79 Å². The predicted molar refractivity (Wildman–Crippen MR) is 240 cm³/mol. The quantitative estimate of drug-likeness (QED) is 0.0446. The molecule has 0 unspecified atom stereocenters. The molecule has 32 heteroatoms. The Morgan fingerprint density at radius 1 is 0.507 bits per heavy atom. The maximum atomic E-state index is 13.5. The zero-order chi connectivity index (χ0) is 49.1. The third-order valence-corrected chi connectivity index (χ3v) is 13.1. The summed E-state index contributed by atoms with van der Waals surface area (Å²) in [7, 11) is -20.1. The molecule has 2 aliphatic rings. The van der Waals surface area contributed by atoms with Gasteiger partial charge in [0.25, 0.3) is 40.5 Å². The fourth-order valence-electron chi connectivity index (χ4n) is 6.01. The molecule has 0 fully saturated rings. The summed E-state index contributed by atoms with van der Waals surface area (Å²) in [5, 5.41) is 31.9. The number of nitrogens with one attached hydrogen (secondary N) is 4. The van der Waals surface area contributed by atoms with E-state index in [1.807, 2.05) is 0 Å². The van der Waals surface area contributed by atoms with Gasteiger partial charge in [-0.1, -0.05) is 23.2 Å². The van der Waals surface area contributed by atoms with Crippen LogP contribution in [0.25, 0.3) is 12.2 Å². The number of hydrazone groups is 2. The number of ketones is 2. The standard InChI is InChI=1S/C35H22Cl3N9O16S4/c36-21-9-17(64(52,53)54)11-23(31(21)50)44-46-27-25(66(58,59)60)7-13-5-15(1-3-19(13)29(27)48)39-34-41-33(38)42-35(43-34)40-16-2-4-20-14(6-16)8-26(67(61,62)63)28(30(20)49)47-45-24-12-18(65(55,56)57)10-22(37)32(24)51/h1-12,44-45,50-51H,(H,52,53,54)(H,55,56,57)(H,58,59,60)(H,61,62,63)(H2,39,40,41,42,43). The number of phenols is 2. The normalized spacial score (nSPS) is 15.4. The van der Waals surface area contributed by atoms with Gasteiger partial charge in [-0.25, -0.2) is 0 Å². The maximum absolute atomic E-state index is 13.5. The second kappa shape index (κ2) is 17.5. The third kappa shape index (κ3) is 10.4. The average molecular weight is 1060 g/mol. The highest BCUT2D eigenvalue weighted by Crippen LogP contribution is 2.38. The van der Waals surface area contributed by atoms with Gasteiger partial charge in [-0.3, -0.25) is 38.7 Å². The maximum Gasteiger partial charge on any atom is 0.296 e. The molecule has 0 saturated heterocycles. The third-order valence-electron chi connectivity index (χ3n) is 8.98. The van der Waals surface area contributed by atoms with E-state index >= 15 is 0 Å². The minimum atomic E-state index is -5.20. The topological polar surface area (TPSA) is 404 Å². The van der Waals surface area contributed by atoms with E-state index in [2.05, 4.69) is 46.6 Å². The number of halogens is 3. The van der Waals surface area contributed by atoms with Gasteiger partial charge in [-0.2, -0.15) is 58.8 Å². The van der Waals surface area contributed by atoms with Crippen molar-refractivity contribution < 1.29 is 71.7 Å². The van der Waals surface area contributed by atoms with Crippen LogP contribution in [0.5, 0.6) is 11.5 Å². The molecular weight excluding hydrogens is 1040 g/mol. The summed E-state index contributed by atoms with van der Waals surface area (Å²) < 4.78 is 135. The zero-order valence-corrected chi connectivity index (χ0v) is 37.7. The number of Topliss-reactive ketones (excluding diaryl/α,β-unsaturated/α-hetero) is 2. The van der Waals surface area contributed by atoms with Crippen LogP contribution in [-0.4, -0.2) is 100 Å². The van der Waals surface area contributed by atoms with Gasteiger partial charge in [0.1, 0.15) is 21.2 Å². The van der Waals surface area contributed by atoms with E-state index in [1.54, 1.807) is 0 Å². The fraction of sp³-hybridized carbons (Fsp3) is 0. The van der Waals surface area contributed by atoms with Crippen LogP contribution in [0.15, 0.2) is 90.5 Å². The minimum Gasteiger partial charge on any atom is -0.504 e. The van der Waals surface area contributed by atoms with Crippen LogP contribution < -0.4 is 21.5 Å². The largest absolute Gasteiger partial charge is 0.504 e.